The second kappa shape index (κ2) is 12.1. The van der Waals surface area contributed by atoms with E-state index in [0.29, 0.717) is 17.7 Å². The van der Waals surface area contributed by atoms with E-state index in [-0.39, 0.29) is 20.8 Å². The summed E-state index contributed by atoms with van der Waals surface area (Å²) in [4.78, 5) is 36.9. The maximum atomic E-state index is 12.4. The lowest BCUT2D eigenvalue weighted by Crippen LogP contribution is -2.43. The van der Waals surface area contributed by atoms with Crippen LogP contribution in [0.2, 0.25) is 15.1 Å². The average Bonchev–Trinajstić information content (AvgIpc) is 2.73. The fourth-order valence-corrected chi connectivity index (χ4v) is 3.42. The lowest BCUT2D eigenvalue weighted by atomic mass is 10.1. The minimum Gasteiger partial charge on any atom is -0.454 e. The highest BCUT2D eigenvalue weighted by atomic mass is 35.5. The largest absolute Gasteiger partial charge is 0.454 e. The van der Waals surface area contributed by atoms with Gasteiger partial charge in [-0.25, -0.2) is 4.79 Å². The van der Waals surface area contributed by atoms with Gasteiger partial charge in [0.2, 0.25) is 0 Å². The Kier molecular flexibility index (Phi) is 9.78. The molecule has 0 aliphatic rings. The van der Waals surface area contributed by atoms with Crippen molar-refractivity contribution in [2.75, 3.05) is 23.9 Å². The molecule has 0 spiro atoms. The monoisotopic (exact) mass is 488 g/mol. The van der Waals surface area contributed by atoms with Crippen LogP contribution in [0.25, 0.3) is 0 Å². The van der Waals surface area contributed by atoms with E-state index in [1.165, 1.54) is 23.9 Å². The maximum Gasteiger partial charge on any atom is 0.329 e. The van der Waals surface area contributed by atoms with Gasteiger partial charge in [0.1, 0.15) is 6.04 Å². The Balaban J connectivity index is 1.95. The number of benzene rings is 2. The van der Waals surface area contributed by atoms with Crippen molar-refractivity contribution < 1.29 is 19.1 Å². The molecule has 160 valence electrons. The van der Waals surface area contributed by atoms with Gasteiger partial charge >= 0.3 is 5.97 Å². The summed E-state index contributed by atoms with van der Waals surface area (Å²) >= 11 is 19.3. The minimum absolute atomic E-state index is 0.192. The van der Waals surface area contributed by atoms with E-state index in [4.69, 9.17) is 39.5 Å². The third kappa shape index (κ3) is 7.40. The molecule has 0 aliphatic heterocycles. The fourth-order valence-electron chi connectivity index (χ4n) is 2.36. The molecule has 30 heavy (non-hydrogen) atoms. The van der Waals surface area contributed by atoms with Crippen molar-refractivity contribution in [3.05, 3.63) is 63.1 Å². The van der Waals surface area contributed by atoms with Gasteiger partial charge in [0.25, 0.3) is 11.8 Å². The molecule has 2 aromatic carbocycles. The smallest absolute Gasteiger partial charge is 0.329 e. The highest BCUT2D eigenvalue weighted by Gasteiger charge is 2.23. The number of amides is 2. The van der Waals surface area contributed by atoms with E-state index in [2.05, 4.69) is 10.6 Å². The molecule has 0 radical (unpaired) electrons. The molecular formula is C20H19Cl3N2O4S. The van der Waals surface area contributed by atoms with Crippen LogP contribution in [0.15, 0.2) is 42.5 Å². The minimum atomic E-state index is -0.883. The zero-order valence-corrected chi connectivity index (χ0v) is 19.0. The Hall–Kier alpha value is -1.93. The standard InChI is InChI=1S/C20H19Cl3N2O4S/c1-30-8-7-16(25-19(27)12-5-3-2-4-6-12)20(28)29-11-18(26)24-17-10-14(22)13(21)9-15(17)23/h2-6,9-10,16H,7-8,11H2,1H3,(H,24,26)(H,25,27)/t16-/m0/s1. The molecule has 0 fully saturated rings. The van der Waals surface area contributed by atoms with Crippen LogP contribution >= 0.6 is 46.6 Å². The summed E-state index contributed by atoms with van der Waals surface area (Å²) in [5.41, 5.74) is 0.662. The Morgan fingerprint density at radius 3 is 2.37 bits per heavy atom. The van der Waals surface area contributed by atoms with Crippen LogP contribution in [0.5, 0.6) is 0 Å². The zero-order chi connectivity index (χ0) is 22.1. The number of nitrogens with one attached hydrogen (secondary N) is 2. The molecule has 0 unspecified atom stereocenters. The molecule has 2 aromatic rings. The Morgan fingerprint density at radius 1 is 1.03 bits per heavy atom. The number of carbonyl (C=O) groups is 3. The fraction of sp³-hybridized carbons (Fsp3) is 0.250. The number of thioether (sulfide) groups is 1. The SMILES string of the molecule is CSCC[C@H](NC(=O)c1ccccc1)C(=O)OCC(=O)Nc1cc(Cl)c(Cl)cc1Cl. The quantitative estimate of drug-likeness (QED) is 0.395. The van der Waals surface area contributed by atoms with Crippen molar-refractivity contribution in [2.24, 2.45) is 0 Å². The summed E-state index contributed by atoms with van der Waals surface area (Å²) in [5.74, 6) is -1.09. The van der Waals surface area contributed by atoms with Crippen molar-refractivity contribution in [1.82, 2.24) is 5.32 Å². The van der Waals surface area contributed by atoms with E-state index >= 15 is 0 Å². The van der Waals surface area contributed by atoms with E-state index < -0.39 is 30.4 Å². The summed E-state index contributed by atoms with van der Waals surface area (Å²) in [6, 6.07) is 10.4. The van der Waals surface area contributed by atoms with Gasteiger partial charge in [-0.3, -0.25) is 9.59 Å². The third-order valence-corrected chi connectivity index (χ3v) is 5.54. The van der Waals surface area contributed by atoms with Crippen molar-refractivity contribution in [3.63, 3.8) is 0 Å². The first kappa shape index (κ1) is 24.3. The first-order valence-corrected chi connectivity index (χ1v) is 11.3. The molecular weight excluding hydrogens is 471 g/mol. The molecule has 10 heteroatoms. The van der Waals surface area contributed by atoms with Crippen LogP contribution in [-0.4, -0.2) is 42.4 Å². The molecule has 0 aliphatic carbocycles. The number of esters is 1. The molecule has 2 N–H and O–H groups in total. The molecule has 0 saturated heterocycles. The van der Waals surface area contributed by atoms with Gasteiger partial charge in [-0.05, 0) is 42.7 Å². The van der Waals surface area contributed by atoms with Crippen LogP contribution in [0.4, 0.5) is 5.69 Å². The Labute approximate surface area is 193 Å². The second-order valence-electron chi connectivity index (χ2n) is 6.08. The summed E-state index contributed by atoms with van der Waals surface area (Å²) in [6.45, 7) is -0.549. The van der Waals surface area contributed by atoms with Crippen LogP contribution in [0, 0.1) is 0 Å². The lowest BCUT2D eigenvalue weighted by Gasteiger charge is -2.17. The number of hydrogen-bond acceptors (Lipinski definition) is 5. The van der Waals surface area contributed by atoms with Crippen LogP contribution in [0.3, 0.4) is 0 Å². The van der Waals surface area contributed by atoms with Crippen molar-refractivity contribution >= 4 is 70.0 Å². The molecule has 0 saturated carbocycles. The Bertz CT molecular complexity index is 912. The summed E-state index contributed by atoms with van der Waals surface area (Å²) < 4.78 is 5.09. The maximum absolute atomic E-state index is 12.4. The predicted octanol–water partition coefficient (Wildman–Crippen LogP) is 4.68. The van der Waals surface area contributed by atoms with Crippen molar-refractivity contribution in [1.29, 1.82) is 0 Å². The molecule has 6 nitrogen and oxygen atoms in total. The van der Waals surface area contributed by atoms with Crippen molar-refractivity contribution in [2.45, 2.75) is 12.5 Å². The van der Waals surface area contributed by atoms with Gasteiger partial charge in [0.05, 0.1) is 20.8 Å². The van der Waals surface area contributed by atoms with Crippen LogP contribution in [-0.2, 0) is 14.3 Å². The molecule has 1 atom stereocenters. The first-order valence-electron chi connectivity index (χ1n) is 8.77. The first-order chi connectivity index (χ1) is 14.3. The van der Waals surface area contributed by atoms with Crippen LogP contribution < -0.4 is 10.6 Å². The molecule has 0 aromatic heterocycles. The van der Waals surface area contributed by atoms with E-state index in [9.17, 15) is 14.4 Å². The normalized spacial score (nSPS) is 11.5. The predicted molar refractivity (Wildman–Crippen MR) is 122 cm³/mol. The topological polar surface area (TPSA) is 84.5 Å². The molecule has 0 heterocycles. The van der Waals surface area contributed by atoms with Gasteiger partial charge in [0, 0.05) is 5.56 Å². The molecule has 2 amide bonds. The van der Waals surface area contributed by atoms with Gasteiger partial charge < -0.3 is 15.4 Å². The van der Waals surface area contributed by atoms with Gasteiger partial charge in [-0.1, -0.05) is 53.0 Å². The average molecular weight is 490 g/mol. The van der Waals surface area contributed by atoms with E-state index in [1.807, 2.05) is 6.26 Å². The summed E-state index contributed by atoms with van der Waals surface area (Å²) in [7, 11) is 0. The number of anilines is 1. The van der Waals surface area contributed by atoms with Gasteiger partial charge in [-0.2, -0.15) is 11.8 Å². The Morgan fingerprint density at radius 2 is 1.70 bits per heavy atom. The number of hydrogen-bond donors (Lipinski definition) is 2. The summed E-state index contributed by atoms with van der Waals surface area (Å²) in [6.07, 6.45) is 2.24. The van der Waals surface area contributed by atoms with Crippen molar-refractivity contribution in [3.8, 4) is 0 Å². The lowest BCUT2D eigenvalue weighted by molar-refractivity contribution is -0.149. The number of halogens is 3. The van der Waals surface area contributed by atoms with E-state index in [0.717, 1.165) is 0 Å². The highest BCUT2D eigenvalue weighted by Crippen LogP contribution is 2.32. The molecule has 2 rings (SSSR count). The van der Waals surface area contributed by atoms with Gasteiger partial charge in [0.15, 0.2) is 6.61 Å². The molecule has 0 bridgehead atoms. The number of rotatable bonds is 9. The van der Waals surface area contributed by atoms with E-state index in [1.54, 1.807) is 30.3 Å². The third-order valence-electron chi connectivity index (χ3n) is 3.87. The number of ether oxygens (including phenoxy) is 1. The van der Waals surface area contributed by atoms with Gasteiger partial charge in [-0.15, -0.1) is 0 Å². The second-order valence-corrected chi connectivity index (χ2v) is 8.28. The number of carbonyl (C=O) groups excluding carboxylic acids is 3. The van der Waals surface area contributed by atoms with Crippen LogP contribution in [0.1, 0.15) is 16.8 Å². The highest BCUT2D eigenvalue weighted by molar-refractivity contribution is 7.98. The summed E-state index contributed by atoms with van der Waals surface area (Å²) in [5, 5.41) is 5.81. The zero-order valence-electron chi connectivity index (χ0n) is 15.9.